The van der Waals surface area contributed by atoms with E-state index in [0.717, 1.165) is 44.0 Å². The highest BCUT2D eigenvalue weighted by atomic mass is 16.3. The van der Waals surface area contributed by atoms with Crippen molar-refractivity contribution in [3.8, 4) is 0 Å². The minimum Gasteiger partial charge on any atom is -0.385 e. The Morgan fingerprint density at radius 1 is 1.33 bits per heavy atom. The highest BCUT2D eigenvalue weighted by Crippen LogP contribution is 2.30. The van der Waals surface area contributed by atoms with Crippen LogP contribution in [0.1, 0.15) is 56.9 Å². The van der Waals surface area contributed by atoms with Crippen molar-refractivity contribution in [1.29, 1.82) is 0 Å². The maximum absolute atomic E-state index is 10.6. The van der Waals surface area contributed by atoms with Gasteiger partial charge in [-0.15, -0.1) is 0 Å². The number of aryl methyl sites for hydroxylation is 1. The Labute approximate surface area is 143 Å². The van der Waals surface area contributed by atoms with E-state index in [1.807, 2.05) is 17.8 Å². The van der Waals surface area contributed by atoms with E-state index in [-0.39, 0.29) is 11.3 Å². The van der Waals surface area contributed by atoms with Crippen LogP contribution in [0.3, 0.4) is 0 Å². The van der Waals surface area contributed by atoms with E-state index in [2.05, 4.69) is 46.9 Å². The fraction of sp³-hybridized carbons (Fsp3) is 0.667. The lowest BCUT2D eigenvalue weighted by Crippen LogP contribution is -2.35. The zero-order valence-corrected chi connectivity index (χ0v) is 15.2. The van der Waals surface area contributed by atoms with Gasteiger partial charge in [0.05, 0.1) is 5.69 Å². The van der Waals surface area contributed by atoms with Crippen LogP contribution in [0.25, 0.3) is 0 Å². The molecule has 0 amide bonds. The molecule has 0 radical (unpaired) electrons. The van der Waals surface area contributed by atoms with E-state index in [0.29, 0.717) is 0 Å². The molecule has 1 aliphatic heterocycles. The first-order chi connectivity index (χ1) is 11.3. The van der Waals surface area contributed by atoms with Crippen LogP contribution in [0.5, 0.6) is 0 Å². The number of likely N-dealkylation sites (tertiary alicyclic amines) is 1. The lowest BCUT2D eigenvalue weighted by molar-refractivity contribution is 0.0489. The number of imidazole rings is 1. The van der Waals surface area contributed by atoms with E-state index < -0.39 is 6.10 Å². The first-order valence-corrected chi connectivity index (χ1v) is 8.77. The summed E-state index contributed by atoms with van der Waals surface area (Å²) < 4.78 is 1.91. The van der Waals surface area contributed by atoms with Crippen molar-refractivity contribution in [3.63, 3.8) is 0 Å². The fourth-order valence-electron chi connectivity index (χ4n) is 3.37. The second-order valence-corrected chi connectivity index (χ2v) is 7.98. The van der Waals surface area contributed by atoms with Gasteiger partial charge in [0, 0.05) is 37.1 Å². The molecule has 6 heteroatoms. The molecule has 3 heterocycles. The Morgan fingerprint density at radius 2 is 2.04 bits per heavy atom. The molecule has 1 fully saturated rings. The standard InChI is InChI=1S/C18H29N5O/c1-18(2,3)15-11-14(20-21-15)12-23-8-5-13(6-9-23)16(24)17-19-7-10-22(17)4/h7,10-11,13,16,24H,5-6,8-9,12H2,1-4H3,(H,20,21)/t16-/m1/s1. The van der Waals surface area contributed by atoms with E-state index in [1.54, 1.807) is 6.20 Å². The summed E-state index contributed by atoms with van der Waals surface area (Å²) in [5.41, 5.74) is 2.36. The van der Waals surface area contributed by atoms with Gasteiger partial charge in [0.15, 0.2) is 0 Å². The number of hydrogen-bond acceptors (Lipinski definition) is 4. The van der Waals surface area contributed by atoms with Gasteiger partial charge in [0.2, 0.25) is 0 Å². The predicted octanol–water partition coefficient (Wildman–Crippen LogP) is 2.39. The molecule has 0 aliphatic carbocycles. The van der Waals surface area contributed by atoms with Gasteiger partial charge >= 0.3 is 0 Å². The summed E-state index contributed by atoms with van der Waals surface area (Å²) in [5.74, 6) is 1.06. The smallest absolute Gasteiger partial charge is 0.137 e. The van der Waals surface area contributed by atoms with Crippen molar-refractivity contribution in [2.24, 2.45) is 13.0 Å². The topological polar surface area (TPSA) is 70.0 Å². The lowest BCUT2D eigenvalue weighted by atomic mass is 9.90. The number of aromatic amines is 1. The predicted molar refractivity (Wildman–Crippen MR) is 93.5 cm³/mol. The molecular formula is C18H29N5O. The van der Waals surface area contributed by atoms with Crippen molar-refractivity contribution >= 4 is 0 Å². The maximum atomic E-state index is 10.6. The summed E-state index contributed by atoms with van der Waals surface area (Å²) in [5, 5.41) is 18.2. The minimum atomic E-state index is -0.466. The van der Waals surface area contributed by atoms with Gasteiger partial charge in [0.1, 0.15) is 11.9 Å². The van der Waals surface area contributed by atoms with Crippen molar-refractivity contribution in [3.05, 3.63) is 35.7 Å². The molecule has 1 atom stereocenters. The van der Waals surface area contributed by atoms with E-state index >= 15 is 0 Å². The van der Waals surface area contributed by atoms with Gasteiger partial charge in [-0.3, -0.25) is 10.00 Å². The number of nitrogens with one attached hydrogen (secondary N) is 1. The zero-order chi connectivity index (χ0) is 17.3. The number of rotatable bonds is 4. The Kier molecular flexibility index (Phi) is 4.78. The van der Waals surface area contributed by atoms with Crippen LogP contribution in [0.2, 0.25) is 0 Å². The Morgan fingerprint density at radius 3 is 2.58 bits per heavy atom. The molecule has 132 valence electrons. The van der Waals surface area contributed by atoms with Crippen LogP contribution in [0, 0.1) is 5.92 Å². The van der Waals surface area contributed by atoms with Crippen molar-refractivity contribution < 1.29 is 5.11 Å². The van der Waals surface area contributed by atoms with E-state index in [1.165, 1.54) is 5.69 Å². The zero-order valence-electron chi connectivity index (χ0n) is 15.2. The molecule has 0 spiro atoms. The number of H-pyrrole nitrogens is 1. The van der Waals surface area contributed by atoms with Gasteiger partial charge in [-0.05, 0) is 37.9 Å². The van der Waals surface area contributed by atoms with Crippen molar-refractivity contribution in [2.75, 3.05) is 13.1 Å². The van der Waals surface area contributed by atoms with Crippen molar-refractivity contribution in [2.45, 2.75) is 51.7 Å². The van der Waals surface area contributed by atoms with Crippen LogP contribution in [-0.2, 0) is 19.0 Å². The van der Waals surface area contributed by atoms with Crippen LogP contribution in [-0.4, -0.2) is 42.8 Å². The summed E-state index contributed by atoms with van der Waals surface area (Å²) >= 11 is 0. The first kappa shape index (κ1) is 17.2. The summed E-state index contributed by atoms with van der Waals surface area (Å²) in [6.07, 6.45) is 5.16. The molecule has 6 nitrogen and oxygen atoms in total. The molecule has 2 aromatic rings. The molecule has 2 N–H and O–H groups in total. The number of aliphatic hydroxyl groups excluding tert-OH is 1. The van der Waals surface area contributed by atoms with Crippen LogP contribution >= 0.6 is 0 Å². The Bertz CT molecular complexity index is 661. The van der Waals surface area contributed by atoms with Gasteiger partial charge in [-0.25, -0.2) is 4.98 Å². The quantitative estimate of drug-likeness (QED) is 0.902. The molecule has 2 aromatic heterocycles. The Hall–Kier alpha value is -1.66. The largest absolute Gasteiger partial charge is 0.385 e. The third-order valence-corrected chi connectivity index (χ3v) is 5.00. The fourth-order valence-corrected chi connectivity index (χ4v) is 3.37. The average Bonchev–Trinajstić information content (AvgIpc) is 3.16. The molecule has 0 bridgehead atoms. The van der Waals surface area contributed by atoms with E-state index in [9.17, 15) is 5.11 Å². The number of piperidine rings is 1. The van der Waals surface area contributed by atoms with Gasteiger partial charge in [-0.2, -0.15) is 5.10 Å². The third-order valence-electron chi connectivity index (χ3n) is 5.00. The number of hydrogen-bond donors (Lipinski definition) is 2. The number of nitrogens with zero attached hydrogens (tertiary/aromatic N) is 4. The number of aromatic nitrogens is 4. The summed E-state index contributed by atoms with van der Waals surface area (Å²) in [6, 6.07) is 2.18. The average molecular weight is 331 g/mol. The van der Waals surface area contributed by atoms with E-state index in [4.69, 9.17) is 0 Å². The summed E-state index contributed by atoms with van der Waals surface area (Å²) in [4.78, 5) is 6.72. The molecule has 1 aliphatic rings. The van der Waals surface area contributed by atoms with Gasteiger partial charge in [0.25, 0.3) is 0 Å². The third kappa shape index (κ3) is 3.70. The molecule has 1 saturated heterocycles. The number of aliphatic hydroxyl groups is 1. The van der Waals surface area contributed by atoms with Crippen LogP contribution in [0.15, 0.2) is 18.5 Å². The normalized spacial score (nSPS) is 18.9. The molecular weight excluding hydrogens is 302 g/mol. The minimum absolute atomic E-state index is 0.0773. The lowest BCUT2D eigenvalue weighted by Gasteiger charge is -2.33. The molecule has 0 saturated carbocycles. The molecule has 24 heavy (non-hydrogen) atoms. The second kappa shape index (κ2) is 6.69. The van der Waals surface area contributed by atoms with Crippen LogP contribution in [0.4, 0.5) is 0 Å². The Balaban J connectivity index is 1.54. The SMILES string of the molecule is Cn1ccnc1[C@H](O)C1CCN(Cc2cc(C(C)(C)C)n[nH]2)CC1. The highest BCUT2D eigenvalue weighted by Gasteiger charge is 2.28. The maximum Gasteiger partial charge on any atom is 0.137 e. The summed E-state index contributed by atoms with van der Waals surface area (Å²) in [7, 11) is 1.94. The second-order valence-electron chi connectivity index (χ2n) is 7.98. The highest BCUT2D eigenvalue weighted by molar-refractivity contribution is 5.16. The van der Waals surface area contributed by atoms with Crippen molar-refractivity contribution in [1.82, 2.24) is 24.6 Å². The monoisotopic (exact) mass is 331 g/mol. The van der Waals surface area contributed by atoms with Gasteiger partial charge in [-0.1, -0.05) is 20.8 Å². The molecule has 0 unspecified atom stereocenters. The first-order valence-electron chi connectivity index (χ1n) is 8.77. The molecule has 0 aromatic carbocycles. The molecule has 3 rings (SSSR count). The van der Waals surface area contributed by atoms with Gasteiger partial charge < -0.3 is 9.67 Å². The van der Waals surface area contributed by atoms with Crippen LogP contribution < -0.4 is 0 Å². The summed E-state index contributed by atoms with van der Waals surface area (Å²) in [6.45, 7) is 9.42.